The Balaban J connectivity index is 1.77. The molecule has 26 heavy (non-hydrogen) atoms. The van der Waals surface area contributed by atoms with E-state index in [1.165, 1.54) is 4.90 Å². The third kappa shape index (κ3) is 4.22. The number of carbonyl (C=O) groups is 3. The van der Waals surface area contributed by atoms with Gasteiger partial charge in [0, 0.05) is 24.7 Å². The van der Waals surface area contributed by atoms with Gasteiger partial charge in [-0.1, -0.05) is 12.1 Å². The highest BCUT2D eigenvalue weighted by atomic mass is 16.2. The number of hydrogen-bond donors (Lipinski definition) is 3. The van der Waals surface area contributed by atoms with E-state index in [1.54, 1.807) is 0 Å². The average Bonchev–Trinajstić information content (AvgIpc) is 2.63. The van der Waals surface area contributed by atoms with E-state index in [4.69, 9.17) is 0 Å². The fourth-order valence-electron chi connectivity index (χ4n) is 3.64. The third-order valence-electron chi connectivity index (χ3n) is 5.20. The Morgan fingerprint density at radius 2 is 2.00 bits per heavy atom. The second-order valence-corrected chi connectivity index (χ2v) is 7.01. The van der Waals surface area contributed by atoms with Crippen LogP contribution in [0.5, 0.6) is 0 Å². The lowest BCUT2D eigenvalue weighted by Gasteiger charge is -2.32. The molecule has 2 fully saturated rings. The van der Waals surface area contributed by atoms with Crippen LogP contribution in [0.1, 0.15) is 36.8 Å². The number of rotatable bonds is 6. The molecule has 2 aliphatic heterocycles. The first-order chi connectivity index (χ1) is 12.6. The summed E-state index contributed by atoms with van der Waals surface area (Å²) in [5.41, 5.74) is 3.10. The van der Waals surface area contributed by atoms with Crippen LogP contribution in [0.2, 0.25) is 0 Å². The standard InChI is InChI=1S/C19H26N4O3/c1-13-3-2-4-16(21-14-7-9-20-10-8-14)15(13)11-23(12-24)17-5-6-18(25)22-19(17)26/h2-4,12,14,17,20-21H,5-11H2,1H3,(H,22,25,26). The Kier molecular flexibility index (Phi) is 5.88. The van der Waals surface area contributed by atoms with Crippen LogP contribution in [0.15, 0.2) is 18.2 Å². The molecule has 7 nitrogen and oxygen atoms in total. The molecule has 0 aromatic heterocycles. The van der Waals surface area contributed by atoms with Crippen molar-refractivity contribution in [2.45, 2.75) is 51.2 Å². The van der Waals surface area contributed by atoms with Gasteiger partial charge in [0.1, 0.15) is 6.04 Å². The minimum absolute atomic E-state index is 0.259. The maximum atomic E-state index is 12.1. The highest BCUT2D eigenvalue weighted by Gasteiger charge is 2.31. The molecule has 1 aromatic rings. The van der Waals surface area contributed by atoms with Crippen LogP contribution >= 0.6 is 0 Å². The third-order valence-corrected chi connectivity index (χ3v) is 5.20. The number of aryl methyl sites for hydroxylation is 1. The maximum absolute atomic E-state index is 12.1. The summed E-state index contributed by atoms with van der Waals surface area (Å²) in [7, 11) is 0. The molecular formula is C19H26N4O3. The molecule has 0 spiro atoms. The fourth-order valence-corrected chi connectivity index (χ4v) is 3.64. The van der Waals surface area contributed by atoms with Crippen molar-refractivity contribution in [3.8, 4) is 0 Å². The summed E-state index contributed by atoms with van der Waals surface area (Å²) in [5, 5.41) is 9.28. The minimum atomic E-state index is -0.600. The van der Waals surface area contributed by atoms with Crippen molar-refractivity contribution in [3.63, 3.8) is 0 Å². The molecule has 140 valence electrons. The van der Waals surface area contributed by atoms with Crippen LogP contribution in [0.25, 0.3) is 0 Å². The van der Waals surface area contributed by atoms with E-state index in [2.05, 4.69) is 16.0 Å². The summed E-state index contributed by atoms with van der Waals surface area (Å²) >= 11 is 0. The van der Waals surface area contributed by atoms with Crippen LogP contribution < -0.4 is 16.0 Å². The average molecular weight is 358 g/mol. The number of piperidine rings is 2. The van der Waals surface area contributed by atoms with Gasteiger partial charge in [0.05, 0.1) is 0 Å². The van der Waals surface area contributed by atoms with Gasteiger partial charge in [0.2, 0.25) is 18.2 Å². The molecule has 3 rings (SSSR count). The molecular weight excluding hydrogens is 332 g/mol. The predicted octanol–water partition coefficient (Wildman–Crippen LogP) is 0.923. The molecule has 2 aliphatic rings. The molecule has 2 saturated heterocycles. The van der Waals surface area contributed by atoms with Crippen LogP contribution in [-0.4, -0.2) is 48.3 Å². The number of anilines is 1. The van der Waals surface area contributed by atoms with Gasteiger partial charge in [0.15, 0.2) is 0 Å². The van der Waals surface area contributed by atoms with Crippen LogP contribution in [0, 0.1) is 6.92 Å². The molecule has 0 saturated carbocycles. The van der Waals surface area contributed by atoms with Crippen molar-refractivity contribution in [1.29, 1.82) is 0 Å². The molecule has 1 atom stereocenters. The Hall–Kier alpha value is -2.41. The van der Waals surface area contributed by atoms with Crippen molar-refractivity contribution in [3.05, 3.63) is 29.3 Å². The molecule has 0 aliphatic carbocycles. The molecule has 0 bridgehead atoms. The van der Waals surface area contributed by atoms with E-state index < -0.39 is 11.9 Å². The van der Waals surface area contributed by atoms with Gasteiger partial charge in [-0.2, -0.15) is 0 Å². The van der Waals surface area contributed by atoms with Crippen molar-refractivity contribution in [2.24, 2.45) is 0 Å². The van der Waals surface area contributed by atoms with E-state index in [0.717, 1.165) is 42.7 Å². The second-order valence-electron chi connectivity index (χ2n) is 7.01. The molecule has 2 heterocycles. The smallest absolute Gasteiger partial charge is 0.249 e. The minimum Gasteiger partial charge on any atom is -0.382 e. The second kappa shape index (κ2) is 8.31. The number of benzene rings is 1. The van der Waals surface area contributed by atoms with Gasteiger partial charge in [-0.05, 0) is 56.5 Å². The zero-order valence-corrected chi connectivity index (χ0v) is 15.1. The lowest BCUT2D eigenvalue weighted by Crippen LogP contribution is -2.51. The number of carbonyl (C=O) groups excluding carboxylic acids is 3. The summed E-state index contributed by atoms with van der Waals surface area (Å²) < 4.78 is 0. The zero-order chi connectivity index (χ0) is 18.5. The Bertz CT molecular complexity index is 685. The van der Waals surface area contributed by atoms with Gasteiger partial charge in [-0.3, -0.25) is 19.7 Å². The summed E-state index contributed by atoms with van der Waals surface area (Å²) in [5.74, 6) is -0.670. The summed E-state index contributed by atoms with van der Waals surface area (Å²) in [6, 6.07) is 5.84. The van der Waals surface area contributed by atoms with Crippen molar-refractivity contribution < 1.29 is 14.4 Å². The monoisotopic (exact) mass is 358 g/mol. The van der Waals surface area contributed by atoms with Crippen molar-refractivity contribution in [2.75, 3.05) is 18.4 Å². The van der Waals surface area contributed by atoms with E-state index >= 15 is 0 Å². The number of nitrogens with zero attached hydrogens (tertiary/aromatic N) is 1. The first kappa shape index (κ1) is 18.4. The normalized spacial score (nSPS) is 21.2. The van der Waals surface area contributed by atoms with E-state index in [-0.39, 0.29) is 12.3 Å². The topological polar surface area (TPSA) is 90.5 Å². The molecule has 0 radical (unpaired) electrons. The number of hydrogen-bond acceptors (Lipinski definition) is 5. The van der Waals surface area contributed by atoms with Crippen LogP contribution in [0.3, 0.4) is 0 Å². The highest BCUT2D eigenvalue weighted by Crippen LogP contribution is 2.25. The van der Waals surface area contributed by atoms with Crippen molar-refractivity contribution in [1.82, 2.24) is 15.5 Å². The predicted molar refractivity (Wildman–Crippen MR) is 98.5 cm³/mol. The number of amides is 3. The molecule has 1 aromatic carbocycles. The quantitative estimate of drug-likeness (QED) is 0.520. The molecule has 3 N–H and O–H groups in total. The van der Waals surface area contributed by atoms with Crippen LogP contribution in [0.4, 0.5) is 5.69 Å². The van der Waals surface area contributed by atoms with Gasteiger partial charge in [-0.15, -0.1) is 0 Å². The highest BCUT2D eigenvalue weighted by molar-refractivity contribution is 6.00. The lowest BCUT2D eigenvalue weighted by atomic mass is 10.0. The summed E-state index contributed by atoms with van der Waals surface area (Å²) in [6.45, 7) is 4.34. The van der Waals surface area contributed by atoms with Gasteiger partial charge < -0.3 is 15.5 Å². The van der Waals surface area contributed by atoms with Crippen molar-refractivity contribution >= 4 is 23.9 Å². The first-order valence-electron chi connectivity index (χ1n) is 9.19. The number of imide groups is 1. The summed E-state index contributed by atoms with van der Waals surface area (Å²) in [6.07, 6.45) is 3.44. The Morgan fingerprint density at radius 3 is 2.69 bits per heavy atom. The van der Waals surface area contributed by atoms with Gasteiger partial charge >= 0.3 is 0 Å². The molecule has 7 heteroatoms. The van der Waals surface area contributed by atoms with Gasteiger partial charge in [-0.25, -0.2) is 0 Å². The molecule has 3 amide bonds. The van der Waals surface area contributed by atoms with E-state index in [0.29, 0.717) is 25.4 Å². The maximum Gasteiger partial charge on any atom is 0.249 e. The van der Waals surface area contributed by atoms with Crippen LogP contribution in [-0.2, 0) is 20.9 Å². The zero-order valence-electron chi connectivity index (χ0n) is 15.1. The number of nitrogens with one attached hydrogen (secondary N) is 3. The van der Waals surface area contributed by atoms with E-state index in [9.17, 15) is 14.4 Å². The first-order valence-corrected chi connectivity index (χ1v) is 9.19. The largest absolute Gasteiger partial charge is 0.382 e. The lowest BCUT2D eigenvalue weighted by molar-refractivity contribution is -0.141. The van der Waals surface area contributed by atoms with Gasteiger partial charge in [0.25, 0.3) is 0 Å². The summed E-state index contributed by atoms with van der Waals surface area (Å²) in [4.78, 5) is 36.7. The SMILES string of the molecule is Cc1cccc(NC2CCNCC2)c1CN(C=O)C1CCC(=O)NC1=O. The fraction of sp³-hybridized carbons (Fsp3) is 0.526. The van der Waals surface area contributed by atoms with E-state index in [1.807, 2.05) is 25.1 Å². The Labute approximate surface area is 153 Å². The molecule has 1 unspecified atom stereocenters. The Morgan fingerprint density at radius 1 is 1.23 bits per heavy atom.